The predicted molar refractivity (Wildman–Crippen MR) is 126 cm³/mol. The summed E-state index contributed by atoms with van der Waals surface area (Å²) in [4.78, 5) is 24.3. The van der Waals surface area contributed by atoms with Crippen molar-refractivity contribution in [2.75, 3.05) is 11.9 Å². The van der Waals surface area contributed by atoms with Crippen molar-refractivity contribution in [2.45, 2.75) is 56.3 Å². The van der Waals surface area contributed by atoms with Crippen LogP contribution in [0.2, 0.25) is 0 Å². The molecule has 0 unspecified atom stereocenters. The summed E-state index contributed by atoms with van der Waals surface area (Å²) in [7, 11) is -4.03. The van der Waals surface area contributed by atoms with Crippen LogP contribution in [0.5, 0.6) is 0 Å². The monoisotopic (exact) mass is 465 g/mol. The van der Waals surface area contributed by atoms with Crippen molar-refractivity contribution in [1.29, 1.82) is 0 Å². The largest absolute Gasteiger partial charge is 0.345 e. The number of carbonyl (C=O) groups is 2. The summed E-state index contributed by atoms with van der Waals surface area (Å²) < 4.78 is 27.6. The lowest BCUT2D eigenvalue weighted by Gasteiger charge is -2.16. The van der Waals surface area contributed by atoms with Crippen LogP contribution in [0.1, 0.15) is 47.1 Å². The molecule has 8 heteroatoms. The molecule has 2 aromatic carbocycles. The lowest BCUT2D eigenvalue weighted by Crippen LogP contribution is -2.35. The van der Waals surface area contributed by atoms with Crippen molar-refractivity contribution < 1.29 is 18.0 Å². The molecule has 0 heterocycles. The summed E-state index contributed by atoms with van der Waals surface area (Å²) >= 11 is 0. The third-order valence-electron chi connectivity index (χ3n) is 6.20. The van der Waals surface area contributed by atoms with Crippen LogP contribution in [-0.2, 0) is 46.9 Å². The molecular formula is C25H27N3O4S. The summed E-state index contributed by atoms with van der Waals surface area (Å²) in [6.45, 7) is 0.179. The van der Waals surface area contributed by atoms with Gasteiger partial charge in [-0.15, -0.1) is 6.42 Å². The summed E-state index contributed by atoms with van der Waals surface area (Å²) in [6, 6.07) is 7.64. The van der Waals surface area contributed by atoms with Gasteiger partial charge in [-0.3, -0.25) is 4.79 Å². The number of anilines is 1. The Hall–Kier alpha value is -3.31. The van der Waals surface area contributed by atoms with E-state index in [0.717, 1.165) is 60.9 Å². The van der Waals surface area contributed by atoms with Crippen molar-refractivity contribution >= 4 is 27.6 Å². The van der Waals surface area contributed by atoms with Gasteiger partial charge in [-0.25, -0.2) is 17.9 Å². The number of rotatable bonds is 7. The minimum atomic E-state index is -4.03. The smallest absolute Gasteiger partial charge is 0.333 e. The van der Waals surface area contributed by atoms with Gasteiger partial charge in [0.05, 0.1) is 11.4 Å². The highest BCUT2D eigenvalue weighted by Crippen LogP contribution is 2.38. The number of hydrogen-bond donors (Lipinski definition) is 3. The molecular weight excluding hydrogens is 438 g/mol. The van der Waals surface area contributed by atoms with Gasteiger partial charge in [0.25, 0.3) is 10.0 Å². The summed E-state index contributed by atoms with van der Waals surface area (Å²) in [6.07, 6.45) is 11.7. The molecule has 7 nitrogen and oxygen atoms in total. The van der Waals surface area contributed by atoms with E-state index < -0.39 is 16.1 Å². The maximum atomic E-state index is 12.7. The van der Waals surface area contributed by atoms with E-state index in [1.165, 1.54) is 23.3 Å². The zero-order valence-corrected chi connectivity index (χ0v) is 19.2. The first-order valence-corrected chi connectivity index (χ1v) is 12.6. The Kier molecular flexibility index (Phi) is 6.70. The van der Waals surface area contributed by atoms with Crippen LogP contribution in [0.4, 0.5) is 10.5 Å². The molecule has 172 valence electrons. The molecule has 2 aromatic rings. The molecule has 2 aliphatic rings. The predicted octanol–water partition coefficient (Wildman–Crippen LogP) is 2.86. The van der Waals surface area contributed by atoms with E-state index >= 15 is 0 Å². The third kappa shape index (κ3) is 5.20. The standard InChI is InChI=1S/C25H27N3O4S/c1-2-15-26-23(29)14-11-17-9-12-20(13-10-17)33(31,32)28-25(30)27-24-21-7-3-5-18(21)16-19-6-4-8-22(19)24/h1,9-10,12-13,16H,3-8,11,14-15H2,(H,26,29)(H2,27,28,30). The molecule has 0 saturated carbocycles. The molecule has 0 spiro atoms. The van der Waals surface area contributed by atoms with Gasteiger partial charge in [-0.1, -0.05) is 24.1 Å². The Balaban J connectivity index is 1.41. The van der Waals surface area contributed by atoms with E-state index in [0.29, 0.717) is 6.42 Å². The molecule has 0 bridgehead atoms. The molecule has 0 atom stereocenters. The highest BCUT2D eigenvalue weighted by Gasteiger charge is 2.26. The molecule has 0 aromatic heterocycles. The first-order chi connectivity index (χ1) is 15.9. The molecule has 2 aliphatic carbocycles. The number of hydrogen-bond acceptors (Lipinski definition) is 4. The normalized spacial score (nSPS) is 14.2. The fraction of sp³-hybridized carbons (Fsp3) is 0.360. The fourth-order valence-corrected chi connectivity index (χ4v) is 5.53. The van der Waals surface area contributed by atoms with Crippen molar-refractivity contribution in [3.05, 3.63) is 58.1 Å². The van der Waals surface area contributed by atoms with Gasteiger partial charge < -0.3 is 10.6 Å². The minimum absolute atomic E-state index is 0.0123. The lowest BCUT2D eigenvalue weighted by atomic mass is 9.99. The lowest BCUT2D eigenvalue weighted by molar-refractivity contribution is -0.120. The van der Waals surface area contributed by atoms with Crippen LogP contribution in [0.25, 0.3) is 0 Å². The highest BCUT2D eigenvalue weighted by molar-refractivity contribution is 7.90. The highest BCUT2D eigenvalue weighted by atomic mass is 32.2. The van der Waals surface area contributed by atoms with Crippen LogP contribution >= 0.6 is 0 Å². The zero-order chi connectivity index (χ0) is 23.4. The van der Waals surface area contributed by atoms with E-state index in [-0.39, 0.29) is 23.8 Å². The average Bonchev–Trinajstić information content (AvgIpc) is 3.45. The third-order valence-corrected chi connectivity index (χ3v) is 7.55. The van der Waals surface area contributed by atoms with Gasteiger partial charge in [0, 0.05) is 12.1 Å². The number of sulfonamides is 1. The molecule has 0 aliphatic heterocycles. The topological polar surface area (TPSA) is 104 Å². The maximum absolute atomic E-state index is 12.7. The second kappa shape index (κ2) is 9.67. The molecule has 3 N–H and O–H groups in total. The quantitative estimate of drug-likeness (QED) is 0.547. The van der Waals surface area contributed by atoms with Gasteiger partial charge in [0.15, 0.2) is 0 Å². The number of benzene rings is 2. The molecule has 4 rings (SSSR count). The number of aryl methyl sites for hydroxylation is 3. The zero-order valence-electron chi connectivity index (χ0n) is 18.4. The van der Waals surface area contributed by atoms with E-state index in [1.807, 2.05) is 0 Å². The number of terminal acetylenes is 1. The first kappa shape index (κ1) is 22.9. The Morgan fingerprint density at radius 3 is 2.21 bits per heavy atom. The van der Waals surface area contributed by atoms with Crippen LogP contribution in [0.15, 0.2) is 35.2 Å². The van der Waals surface area contributed by atoms with E-state index in [4.69, 9.17) is 6.42 Å². The van der Waals surface area contributed by atoms with Crippen LogP contribution < -0.4 is 15.4 Å². The van der Waals surface area contributed by atoms with E-state index in [1.54, 1.807) is 12.1 Å². The van der Waals surface area contributed by atoms with E-state index in [2.05, 4.69) is 27.3 Å². The van der Waals surface area contributed by atoms with Crippen molar-refractivity contribution in [2.24, 2.45) is 0 Å². The van der Waals surface area contributed by atoms with Crippen LogP contribution in [0, 0.1) is 12.3 Å². The van der Waals surface area contributed by atoms with Gasteiger partial charge in [0.2, 0.25) is 5.91 Å². The SMILES string of the molecule is C#CCNC(=O)CCc1ccc(S(=O)(=O)NC(=O)Nc2c3c(cc4c2CCC4)CCC3)cc1. The van der Waals surface area contributed by atoms with Gasteiger partial charge in [-0.2, -0.15) is 0 Å². The molecule has 3 amide bonds. The first-order valence-electron chi connectivity index (χ1n) is 11.2. The Labute approximate surface area is 194 Å². The number of urea groups is 1. The van der Waals surface area contributed by atoms with Gasteiger partial charge >= 0.3 is 6.03 Å². The average molecular weight is 466 g/mol. The van der Waals surface area contributed by atoms with Crippen molar-refractivity contribution in [3.8, 4) is 12.3 Å². The minimum Gasteiger partial charge on any atom is -0.345 e. The number of carbonyl (C=O) groups excluding carboxylic acids is 2. The van der Waals surface area contributed by atoms with Gasteiger partial charge in [-0.05, 0) is 84.9 Å². The summed E-state index contributed by atoms with van der Waals surface area (Å²) in [5.41, 5.74) is 6.40. The van der Waals surface area contributed by atoms with Crippen LogP contribution in [0.3, 0.4) is 0 Å². The summed E-state index contributed by atoms with van der Waals surface area (Å²) in [5.74, 6) is 2.17. The Bertz CT molecular complexity index is 1200. The van der Waals surface area contributed by atoms with Gasteiger partial charge in [0.1, 0.15) is 0 Å². The number of amides is 3. The Morgan fingerprint density at radius 2 is 1.61 bits per heavy atom. The number of fused-ring (bicyclic) bond motifs is 2. The van der Waals surface area contributed by atoms with E-state index in [9.17, 15) is 18.0 Å². The second-order valence-electron chi connectivity index (χ2n) is 8.42. The van der Waals surface area contributed by atoms with Crippen molar-refractivity contribution in [3.63, 3.8) is 0 Å². The van der Waals surface area contributed by atoms with Crippen LogP contribution in [-0.4, -0.2) is 26.9 Å². The fourth-order valence-electron chi connectivity index (χ4n) is 4.62. The Morgan fingerprint density at radius 1 is 0.970 bits per heavy atom. The molecule has 0 radical (unpaired) electrons. The molecule has 0 saturated heterocycles. The molecule has 33 heavy (non-hydrogen) atoms. The molecule has 0 fully saturated rings. The maximum Gasteiger partial charge on any atom is 0.333 e. The number of nitrogens with one attached hydrogen (secondary N) is 3. The van der Waals surface area contributed by atoms with Crippen molar-refractivity contribution in [1.82, 2.24) is 10.0 Å². The summed E-state index contributed by atoms with van der Waals surface area (Å²) in [5, 5.41) is 5.43. The second-order valence-corrected chi connectivity index (χ2v) is 10.1.